The molecule has 0 aromatic carbocycles. The van der Waals surface area contributed by atoms with Crippen molar-refractivity contribution in [2.45, 2.75) is 12.8 Å². The van der Waals surface area contributed by atoms with Crippen LogP contribution in [0.4, 0.5) is 0 Å². The van der Waals surface area contributed by atoms with Gasteiger partial charge in [-0.1, -0.05) is 0 Å². The Bertz CT molecular complexity index is 162. The van der Waals surface area contributed by atoms with E-state index in [9.17, 15) is 4.79 Å². The zero-order valence-electron chi connectivity index (χ0n) is 5.68. The van der Waals surface area contributed by atoms with Gasteiger partial charge < -0.3 is 11.1 Å². The number of rotatable bonds is 2. The number of carbonyl (C=O) groups is 1. The molecule has 0 atom stereocenters. The largest absolute Gasteiger partial charge is 0.324 e. The highest BCUT2D eigenvalue weighted by Gasteiger charge is 2.29. The lowest BCUT2D eigenvalue weighted by molar-refractivity contribution is -0.120. The molecule has 1 aliphatic rings. The Morgan fingerprint density at radius 1 is 1.70 bits per heavy atom. The summed E-state index contributed by atoms with van der Waals surface area (Å²) in [6, 6.07) is 0. The molecule has 1 rings (SSSR count). The molecule has 56 valence electrons. The molecule has 0 unspecified atom stereocenters. The van der Waals surface area contributed by atoms with Gasteiger partial charge in [0, 0.05) is 5.92 Å². The van der Waals surface area contributed by atoms with Crippen LogP contribution in [0.1, 0.15) is 12.8 Å². The van der Waals surface area contributed by atoms with Crippen molar-refractivity contribution in [1.82, 2.24) is 5.32 Å². The maximum absolute atomic E-state index is 10.9. The molecule has 0 aromatic heterocycles. The van der Waals surface area contributed by atoms with Crippen LogP contribution >= 0.6 is 0 Å². The van der Waals surface area contributed by atoms with Crippen molar-refractivity contribution >= 4 is 11.7 Å². The van der Waals surface area contributed by atoms with Crippen LogP contribution < -0.4 is 11.1 Å². The zero-order chi connectivity index (χ0) is 7.56. The molecule has 1 aliphatic carbocycles. The Balaban J connectivity index is 2.23. The van der Waals surface area contributed by atoms with Crippen molar-refractivity contribution in [3.8, 4) is 0 Å². The average Bonchev–Trinajstić information content (AvgIpc) is 2.68. The molecule has 0 bridgehead atoms. The predicted octanol–water partition coefficient (Wildman–Crippen LogP) is -0.551. The third-order valence-corrected chi connectivity index (χ3v) is 1.43. The Hall–Kier alpha value is -0.900. The Morgan fingerprint density at radius 2 is 2.30 bits per heavy atom. The monoisotopic (exact) mass is 141 g/mol. The lowest BCUT2D eigenvalue weighted by Gasteiger charge is -2.01. The standard InChI is InChI=1S/C6H11N3O/c7-3-5(8)9-6(10)4-1-2-4/h4H,1-3,7H2,(H2,8,9,10). The van der Waals surface area contributed by atoms with E-state index in [0.717, 1.165) is 12.8 Å². The second-order valence-electron chi connectivity index (χ2n) is 2.45. The van der Waals surface area contributed by atoms with Crippen LogP contribution in [0.2, 0.25) is 0 Å². The summed E-state index contributed by atoms with van der Waals surface area (Å²) >= 11 is 0. The summed E-state index contributed by atoms with van der Waals surface area (Å²) in [5.74, 6) is 0.222. The van der Waals surface area contributed by atoms with Crippen molar-refractivity contribution < 1.29 is 4.79 Å². The molecule has 0 radical (unpaired) electrons. The Morgan fingerprint density at radius 3 is 2.70 bits per heavy atom. The first kappa shape index (κ1) is 7.21. The minimum absolute atomic E-state index is 0.0459. The SMILES string of the molecule is N=C(CN)NC(=O)C1CC1. The van der Waals surface area contributed by atoms with Gasteiger partial charge in [-0.25, -0.2) is 0 Å². The predicted molar refractivity (Wildman–Crippen MR) is 37.6 cm³/mol. The van der Waals surface area contributed by atoms with Gasteiger partial charge >= 0.3 is 0 Å². The summed E-state index contributed by atoms with van der Waals surface area (Å²) in [5.41, 5.74) is 5.10. The van der Waals surface area contributed by atoms with Crippen molar-refractivity contribution in [3.63, 3.8) is 0 Å². The van der Waals surface area contributed by atoms with Gasteiger partial charge in [0.1, 0.15) is 5.84 Å². The third-order valence-electron chi connectivity index (χ3n) is 1.43. The smallest absolute Gasteiger partial charge is 0.228 e. The first-order chi connectivity index (χ1) is 4.74. The number of hydrogen-bond acceptors (Lipinski definition) is 3. The molecule has 1 amide bonds. The molecular weight excluding hydrogens is 130 g/mol. The topological polar surface area (TPSA) is 79.0 Å². The van der Waals surface area contributed by atoms with Crippen LogP contribution in [0.15, 0.2) is 0 Å². The van der Waals surface area contributed by atoms with Crippen molar-refractivity contribution in [1.29, 1.82) is 5.41 Å². The molecule has 0 heterocycles. The summed E-state index contributed by atoms with van der Waals surface area (Å²) in [5, 5.41) is 9.44. The quantitative estimate of drug-likeness (QED) is 0.356. The fourth-order valence-electron chi connectivity index (χ4n) is 0.647. The van der Waals surface area contributed by atoms with Gasteiger partial charge in [0.25, 0.3) is 0 Å². The number of nitrogens with one attached hydrogen (secondary N) is 2. The Kier molecular flexibility index (Phi) is 2.01. The number of amides is 1. The van der Waals surface area contributed by atoms with E-state index in [4.69, 9.17) is 11.1 Å². The van der Waals surface area contributed by atoms with E-state index in [0.29, 0.717) is 0 Å². The molecular formula is C6H11N3O. The first-order valence-corrected chi connectivity index (χ1v) is 3.32. The molecule has 4 heteroatoms. The minimum atomic E-state index is -0.0459. The van der Waals surface area contributed by atoms with Gasteiger partial charge in [-0.3, -0.25) is 10.2 Å². The van der Waals surface area contributed by atoms with Crippen LogP contribution in [0.5, 0.6) is 0 Å². The number of hydrogen-bond donors (Lipinski definition) is 3. The highest BCUT2D eigenvalue weighted by molar-refractivity contribution is 5.99. The van der Waals surface area contributed by atoms with Gasteiger partial charge in [0.05, 0.1) is 6.54 Å². The lowest BCUT2D eigenvalue weighted by atomic mass is 10.4. The molecule has 0 aliphatic heterocycles. The number of amidine groups is 1. The second-order valence-corrected chi connectivity index (χ2v) is 2.45. The molecule has 1 saturated carbocycles. The lowest BCUT2D eigenvalue weighted by Crippen LogP contribution is -2.35. The summed E-state index contributed by atoms with van der Waals surface area (Å²) in [6.45, 7) is 0.110. The van der Waals surface area contributed by atoms with E-state index in [1.165, 1.54) is 0 Å². The van der Waals surface area contributed by atoms with E-state index < -0.39 is 0 Å². The highest BCUT2D eigenvalue weighted by atomic mass is 16.2. The van der Waals surface area contributed by atoms with Gasteiger partial charge in [-0.15, -0.1) is 0 Å². The molecule has 1 fully saturated rings. The van der Waals surface area contributed by atoms with Crippen molar-refractivity contribution in [2.75, 3.05) is 6.54 Å². The van der Waals surface area contributed by atoms with Gasteiger partial charge in [-0.05, 0) is 12.8 Å². The maximum Gasteiger partial charge on any atom is 0.228 e. The average molecular weight is 141 g/mol. The molecule has 4 N–H and O–H groups in total. The van der Waals surface area contributed by atoms with Crippen molar-refractivity contribution in [2.24, 2.45) is 11.7 Å². The summed E-state index contributed by atoms with van der Waals surface area (Å²) in [6.07, 6.45) is 1.92. The van der Waals surface area contributed by atoms with Crippen LogP contribution in [0.25, 0.3) is 0 Å². The molecule has 0 aromatic rings. The van der Waals surface area contributed by atoms with Crippen LogP contribution in [-0.2, 0) is 4.79 Å². The molecule has 10 heavy (non-hydrogen) atoms. The molecule has 4 nitrogen and oxygen atoms in total. The van der Waals surface area contributed by atoms with Gasteiger partial charge in [0.2, 0.25) is 5.91 Å². The van der Waals surface area contributed by atoms with Crippen molar-refractivity contribution in [3.05, 3.63) is 0 Å². The normalized spacial score (nSPS) is 16.5. The van der Waals surface area contributed by atoms with Crippen LogP contribution in [0.3, 0.4) is 0 Å². The second kappa shape index (κ2) is 2.79. The van der Waals surface area contributed by atoms with E-state index in [1.807, 2.05) is 0 Å². The first-order valence-electron chi connectivity index (χ1n) is 3.32. The summed E-state index contributed by atoms with van der Waals surface area (Å²) < 4.78 is 0. The summed E-state index contributed by atoms with van der Waals surface area (Å²) in [4.78, 5) is 10.9. The van der Waals surface area contributed by atoms with E-state index >= 15 is 0 Å². The third kappa shape index (κ3) is 1.80. The fourth-order valence-corrected chi connectivity index (χ4v) is 0.647. The van der Waals surface area contributed by atoms with E-state index in [-0.39, 0.29) is 24.2 Å². The van der Waals surface area contributed by atoms with Gasteiger partial charge in [0.15, 0.2) is 0 Å². The Labute approximate surface area is 59.3 Å². The van der Waals surface area contributed by atoms with Gasteiger partial charge in [-0.2, -0.15) is 0 Å². The summed E-state index contributed by atoms with van der Waals surface area (Å²) in [7, 11) is 0. The van der Waals surface area contributed by atoms with Crippen LogP contribution in [-0.4, -0.2) is 18.3 Å². The van der Waals surface area contributed by atoms with E-state index in [1.54, 1.807) is 0 Å². The highest BCUT2D eigenvalue weighted by Crippen LogP contribution is 2.28. The number of nitrogens with two attached hydrogens (primary N) is 1. The fraction of sp³-hybridized carbons (Fsp3) is 0.667. The maximum atomic E-state index is 10.9. The molecule has 0 saturated heterocycles. The molecule has 0 spiro atoms. The minimum Gasteiger partial charge on any atom is -0.324 e. The number of carbonyl (C=O) groups excluding carboxylic acids is 1. The van der Waals surface area contributed by atoms with E-state index in [2.05, 4.69) is 5.32 Å². The van der Waals surface area contributed by atoms with Crippen LogP contribution in [0, 0.1) is 11.3 Å². The zero-order valence-corrected chi connectivity index (χ0v) is 5.68.